The molecule has 1 unspecified atom stereocenters. The van der Waals surface area contributed by atoms with Crippen LogP contribution in [-0.4, -0.2) is 19.3 Å². The Morgan fingerprint density at radius 2 is 1.94 bits per heavy atom. The second-order valence-electron chi connectivity index (χ2n) is 4.52. The van der Waals surface area contributed by atoms with E-state index in [0.717, 1.165) is 11.3 Å². The Morgan fingerprint density at radius 3 is 2.59 bits per heavy atom. The quantitative estimate of drug-likeness (QED) is 0.741. The number of benzene rings is 1. The summed E-state index contributed by atoms with van der Waals surface area (Å²) in [5.41, 5.74) is 6.65. The van der Waals surface area contributed by atoms with Gasteiger partial charge in [-0.25, -0.2) is 0 Å². The molecule has 3 nitrogen and oxygen atoms in total. The van der Waals surface area contributed by atoms with Crippen molar-refractivity contribution in [1.82, 2.24) is 0 Å². The van der Waals surface area contributed by atoms with Gasteiger partial charge in [0.15, 0.2) is 0 Å². The predicted octanol–water partition coefficient (Wildman–Crippen LogP) is 2.59. The first-order valence-electron chi connectivity index (χ1n) is 6.17. The summed E-state index contributed by atoms with van der Waals surface area (Å²) in [6, 6.07) is 7.84. The molecule has 0 aliphatic heterocycles. The topological polar surface area (TPSA) is 44.5 Å². The number of nitrogens with two attached hydrogens (primary N) is 1. The normalized spacial score (nSPS) is 12.8. The molecule has 0 heterocycles. The average Bonchev–Trinajstić information content (AvgIpc) is 2.34. The molecule has 0 amide bonds. The minimum Gasteiger partial charge on any atom is -0.491 e. The van der Waals surface area contributed by atoms with Crippen LogP contribution in [0.4, 0.5) is 0 Å². The number of hydrogen-bond acceptors (Lipinski definition) is 3. The molecule has 0 saturated carbocycles. The van der Waals surface area contributed by atoms with E-state index in [1.807, 2.05) is 24.3 Å². The lowest BCUT2D eigenvalue weighted by molar-refractivity contribution is 0.0188. The van der Waals surface area contributed by atoms with Crippen molar-refractivity contribution in [1.29, 1.82) is 0 Å². The molecule has 17 heavy (non-hydrogen) atoms. The standard InChI is InChI=1S/C14H23NO2/c1-11(2)12(3)16-7-8-17-14-6-4-5-13(9-14)10-15/h4-6,9,11-12H,7-8,10,15H2,1-3H3. The van der Waals surface area contributed by atoms with E-state index in [-0.39, 0.29) is 6.10 Å². The molecule has 0 fully saturated rings. The fourth-order valence-corrected chi connectivity index (χ4v) is 1.35. The van der Waals surface area contributed by atoms with Crippen LogP contribution in [0, 0.1) is 5.92 Å². The maximum atomic E-state index is 5.63. The molecule has 0 bridgehead atoms. The Morgan fingerprint density at radius 1 is 1.18 bits per heavy atom. The smallest absolute Gasteiger partial charge is 0.119 e. The number of rotatable bonds is 7. The fraction of sp³-hybridized carbons (Fsp3) is 0.571. The van der Waals surface area contributed by atoms with Crippen LogP contribution in [0.3, 0.4) is 0 Å². The van der Waals surface area contributed by atoms with Gasteiger partial charge in [0.05, 0.1) is 12.7 Å². The van der Waals surface area contributed by atoms with Crippen molar-refractivity contribution in [2.24, 2.45) is 11.7 Å². The Hall–Kier alpha value is -1.06. The van der Waals surface area contributed by atoms with Crippen LogP contribution in [-0.2, 0) is 11.3 Å². The summed E-state index contributed by atoms with van der Waals surface area (Å²) in [7, 11) is 0. The van der Waals surface area contributed by atoms with Crippen molar-refractivity contribution in [2.75, 3.05) is 13.2 Å². The molecule has 0 saturated heterocycles. The number of ether oxygens (including phenoxy) is 2. The van der Waals surface area contributed by atoms with Gasteiger partial charge in [-0.05, 0) is 30.5 Å². The van der Waals surface area contributed by atoms with Gasteiger partial charge in [0.25, 0.3) is 0 Å². The largest absolute Gasteiger partial charge is 0.491 e. The summed E-state index contributed by atoms with van der Waals surface area (Å²) in [6.07, 6.45) is 0.272. The molecule has 3 heteroatoms. The van der Waals surface area contributed by atoms with Crippen molar-refractivity contribution in [3.63, 3.8) is 0 Å². The van der Waals surface area contributed by atoms with Crippen LogP contribution in [0.25, 0.3) is 0 Å². The summed E-state index contributed by atoms with van der Waals surface area (Å²) in [6.45, 7) is 8.11. The zero-order chi connectivity index (χ0) is 12.7. The molecule has 2 N–H and O–H groups in total. The third-order valence-electron chi connectivity index (χ3n) is 2.81. The third-order valence-corrected chi connectivity index (χ3v) is 2.81. The minimum atomic E-state index is 0.272. The fourth-order valence-electron chi connectivity index (χ4n) is 1.35. The van der Waals surface area contributed by atoms with Crippen LogP contribution < -0.4 is 10.5 Å². The first-order valence-corrected chi connectivity index (χ1v) is 6.17. The highest BCUT2D eigenvalue weighted by Crippen LogP contribution is 2.13. The van der Waals surface area contributed by atoms with Crippen molar-refractivity contribution in [3.8, 4) is 5.75 Å². The highest BCUT2D eigenvalue weighted by molar-refractivity contribution is 5.28. The van der Waals surface area contributed by atoms with E-state index in [2.05, 4.69) is 20.8 Å². The van der Waals surface area contributed by atoms with Crippen molar-refractivity contribution in [2.45, 2.75) is 33.4 Å². The van der Waals surface area contributed by atoms with Crippen LogP contribution in [0.1, 0.15) is 26.3 Å². The second-order valence-corrected chi connectivity index (χ2v) is 4.52. The number of hydrogen-bond donors (Lipinski definition) is 1. The van der Waals surface area contributed by atoms with Gasteiger partial charge < -0.3 is 15.2 Å². The average molecular weight is 237 g/mol. The van der Waals surface area contributed by atoms with E-state index in [0.29, 0.717) is 25.7 Å². The molecule has 96 valence electrons. The highest BCUT2D eigenvalue weighted by atomic mass is 16.5. The maximum Gasteiger partial charge on any atom is 0.119 e. The van der Waals surface area contributed by atoms with Crippen LogP contribution in [0.5, 0.6) is 5.75 Å². The zero-order valence-electron chi connectivity index (χ0n) is 11.0. The van der Waals surface area contributed by atoms with E-state index in [9.17, 15) is 0 Å². The summed E-state index contributed by atoms with van der Waals surface area (Å²) in [5, 5.41) is 0. The molecular weight excluding hydrogens is 214 g/mol. The maximum absolute atomic E-state index is 5.63. The lowest BCUT2D eigenvalue weighted by atomic mass is 10.1. The van der Waals surface area contributed by atoms with E-state index in [4.69, 9.17) is 15.2 Å². The molecule has 1 aromatic rings. The van der Waals surface area contributed by atoms with Gasteiger partial charge in [0.1, 0.15) is 12.4 Å². The second kappa shape index (κ2) is 7.30. The Balaban J connectivity index is 2.26. The summed E-state index contributed by atoms with van der Waals surface area (Å²) >= 11 is 0. The van der Waals surface area contributed by atoms with Gasteiger partial charge in [-0.15, -0.1) is 0 Å². The summed E-state index contributed by atoms with van der Waals surface area (Å²) in [4.78, 5) is 0. The molecule has 0 aromatic heterocycles. The van der Waals surface area contributed by atoms with Crippen LogP contribution >= 0.6 is 0 Å². The third kappa shape index (κ3) is 5.20. The highest BCUT2D eigenvalue weighted by Gasteiger charge is 2.06. The van der Waals surface area contributed by atoms with Crippen molar-refractivity contribution >= 4 is 0 Å². The van der Waals surface area contributed by atoms with E-state index in [1.54, 1.807) is 0 Å². The lowest BCUT2D eigenvalue weighted by Crippen LogP contribution is -2.19. The van der Waals surface area contributed by atoms with Gasteiger partial charge in [-0.1, -0.05) is 26.0 Å². The monoisotopic (exact) mass is 237 g/mol. The zero-order valence-corrected chi connectivity index (χ0v) is 11.0. The first-order chi connectivity index (χ1) is 8.13. The molecule has 1 rings (SSSR count). The summed E-state index contributed by atoms with van der Waals surface area (Å²) in [5.74, 6) is 1.39. The Labute approximate surface area is 104 Å². The van der Waals surface area contributed by atoms with Gasteiger partial charge in [0.2, 0.25) is 0 Å². The molecule has 1 aromatic carbocycles. The van der Waals surface area contributed by atoms with Gasteiger partial charge in [-0.2, -0.15) is 0 Å². The van der Waals surface area contributed by atoms with Gasteiger partial charge in [0, 0.05) is 6.54 Å². The van der Waals surface area contributed by atoms with Crippen molar-refractivity contribution < 1.29 is 9.47 Å². The Bertz CT molecular complexity index is 326. The first kappa shape index (κ1) is 14.0. The van der Waals surface area contributed by atoms with Gasteiger partial charge >= 0.3 is 0 Å². The molecule has 1 atom stereocenters. The Kier molecular flexibility index (Phi) is 6.01. The molecular formula is C14H23NO2. The van der Waals surface area contributed by atoms with E-state index in [1.165, 1.54) is 0 Å². The molecule has 0 aliphatic rings. The lowest BCUT2D eigenvalue weighted by Gasteiger charge is -2.16. The van der Waals surface area contributed by atoms with E-state index >= 15 is 0 Å². The van der Waals surface area contributed by atoms with Crippen LogP contribution in [0.15, 0.2) is 24.3 Å². The van der Waals surface area contributed by atoms with Gasteiger partial charge in [-0.3, -0.25) is 0 Å². The summed E-state index contributed by atoms with van der Waals surface area (Å²) < 4.78 is 11.2. The molecule has 0 aliphatic carbocycles. The van der Waals surface area contributed by atoms with Crippen molar-refractivity contribution in [3.05, 3.63) is 29.8 Å². The van der Waals surface area contributed by atoms with E-state index < -0.39 is 0 Å². The minimum absolute atomic E-state index is 0.272. The SMILES string of the molecule is CC(C)C(C)OCCOc1cccc(CN)c1. The predicted molar refractivity (Wildman–Crippen MR) is 70.1 cm³/mol. The molecule has 0 spiro atoms. The van der Waals surface area contributed by atoms with Crippen LogP contribution in [0.2, 0.25) is 0 Å². The molecule has 0 radical (unpaired) electrons.